The lowest BCUT2D eigenvalue weighted by atomic mass is 9.82. The van der Waals surface area contributed by atoms with Crippen molar-refractivity contribution in [2.75, 3.05) is 0 Å². The molecule has 1 N–H and O–H groups in total. The summed E-state index contributed by atoms with van der Waals surface area (Å²) in [6.45, 7) is 15.9. The van der Waals surface area contributed by atoms with Crippen LogP contribution in [0.15, 0.2) is 37.1 Å². The fourth-order valence-corrected chi connectivity index (χ4v) is 3.53. The fourth-order valence-electron chi connectivity index (χ4n) is 3.53. The van der Waals surface area contributed by atoms with Gasteiger partial charge < -0.3 is 10.2 Å². The normalized spacial score (nSPS) is 21.9. The van der Waals surface area contributed by atoms with E-state index in [-0.39, 0.29) is 17.4 Å². The van der Waals surface area contributed by atoms with Gasteiger partial charge >= 0.3 is 0 Å². The van der Waals surface area contributed by atoms with E-state index in [9.17, 15) is 4.79 Å². The number of hydrogen-bond donors (Lipinski definition) is 1. The highest BCUT2D eigenvalue weighted by molar-refractivity contribution is 5.80. The molecule has 22 heavy (non-hydrogen) atoms. The van der Waals surface area contributed by atoms with Crippen LogP contribution in [0.2, 0.25) is 0 Å². The van der Waals surface area contributed by atoms with Crippen molar-refractivity contribution in [3.63, 3.8) is 0 Å². The predicted octanol–water partition coefficient (Wildman–Crippen LogP) is 3.56. The Hall–Kier alpha value is -2.03. The number of nitrogens with one attached hydrogen (secondary N) is 1. The maximum atomic E-state index is 11.5. The minimum Gasteiger partial charge on any atom is -0.359 e. The summed E-state index contributed by atoms with van der Waals surface area (Å²) in [5.74, 6) is 0.0685. The third-order valence-corrected chi connectivity index (χ3v) is 4.66. The standard InChI is InChI=1S/C19H24N2O/c1-12-16(9-10-17(22)20-12)21-11-14-7-6-8-15(19(3,4)5)18(14)13(21)2/h6-8,16H,1-2,9-11H2,3-5H3,(H,20,22). The maximum Gasteiger partial charge on any atom is 0.224 e. The first-order valence-electron chi connectivity index (χ1n) is 7.86. The SMILES string of the molecule is C=C1NC(=O)CCC1N1Cc2cccc(C(C)(C)C)c2C1=C. The van der Waals surface area contributed by atoms with Crippen molar-refractivity contribution in [3.8, 4) is 0 Å². The highest BCUT2D eigenvalue weighted by Crippen LogP contribution is 2.41. The Balaban J connectivity index is 1.95. The Kier molecular flexibility index (Phi) is 3.39. The number of carbonyl (C=O) groups excluding carboxylic acids is 1. The van der Waals surface area contributed by atoms with Crippen LogP contribution in [-0.4, -0.2) is 16.8 Å². The van der Waals surface area contributed by atoms with E-state index in [0.29, 0.717) is 6.42 Å². The first-order valence-corrected chi connectivity index (χ1v) is 7.86. The van der Waals surface area contributed by atoms with E-state index in [0.717, 1.165) is 24.4 Å². The van der Waals surface area contributed by atoms with Gasteiger partial charge in [-0.3, -0.25) is 4.79 Å². The minimum atomic E-state index is 0.0685. The van der Waals surface area contributed by atoms with Crippen LogP contribution >= 0.6 is 0 Å². The van der Waals surface area contributed by atoms with E-state index < -0.39 is 0 Å². The summed E-state index contributed by atoms with van der Waals surface area (Å²) in [4.78, 5) is 13.8. The van der Waals surface area contributed by atoms with Crippen molar-refractivity contribution in [2.24, 2.45) is 0 Å². The van der Waals surface area contributed by atoms with Crippen LogP contribution in [0.4, 0.5) is 0 Å². The number of amides is 1. The Bertz CT molecular complexity index is 667. The summed E-state index contributed by atoms with van der Waals surface area (Å²) in [5.41, 5.74) is 5.87. The minimum absolute atomic E-state index is 0.0685. The van der Waals surface area contributed by atoms with Gasteiger partial charge in [0.05, 0.1) is 6.04 Å². The molecule has 1 saturated heterocycles. The van der Waals surface area contributed by atoms with Gasteiger partial charge in [-0.25, -0.2) is 0 Å². The molecule has 1 fully saturated rings. The third-order valence-electron chi connectivity index (χ3n) is 4.66. The van der Waals surface area contributed by atoms with Gasteiger partial charge in [-0.2, -0.15) is 0 Å². The molecule has 1 amide bonds. The van der Waals surface area contributed by atoms with Crippen LogP contribution < -0.4 is 5.32 Å². The van der Waals surface area contributed by atoms with Crippen molar-refractivity contribution in [1.29, 1.82) is 0 Å². The Morgan fingerprint density at radius 2 is 2.00 bits per heavy atom. The largest absolute Gasteiger partial charge is 0.359 e. The summed E-state index contributed by atoms with van der Waals surface area (Å²) >= 11 is 0. The monoisotopic (exact) mass is 296 g/mol. The molecule has 3 nitrogen and oxygen atoms in total. The molecule has 2 heterocycles. The van der Waals surface area contributed by atoms with Gasteiger partial charge in [0.15, 0.2) is 0 Å². The summed E-state index contributed by atoms with van der Waals surface area (Å²) in [7, 11) is 0. The first-order chi connectivity index (χ1) is 10.3. The smallest absolute Gasteiger partial charge is 0.224 e. The number of benzene rings is 1. The molecular formula is C19H24N2O. The zero-order chi connectivity index (χ0) is 16.1. The molecule has 2 aliphatic heterocycles. The maximum absolute atomic E-state index is 11.5. The molecular weight excluding hydrogens is 272 g/mol. The number of nitrogens with zero attached hydrogens (tertiary/aromatic N) is 1. The van der Waals surface area contributed by atoms with Gasteiger partial charge in [0.1, 0.15) is 0 Å². The molecule has 116 valence electrons. The quantitative estimate of drug-likeness (QED) is 0.859. The summed E-state index contributed by atoms with van der Waals surface area (Å²) in [6.07, 6.45) is 1.36. The van der Waals surface area contributed by atoms with Crippen molar-refractivity contribution in [1.82, 2.24) is 10.2 Å². The van der Waals surface area contributed by atoms with Crippen LogP contribution in [-0.2, 0) is 16.8 Å². The molecule has 0 radical (unpaired) electrons. The van der Waals surface area contributed by atoms with Crippen molar-refractivity contribution < 1.29 is 4.79 Å². The predicted molar refractivity (Wildman–Crippen MR) is 90.0 cm³/mol. The number of fused-ring (bicyclic) bond motifs is 1. The zero-order valence-electron chi connectivity index (χ0n) is 13.7. The lowest BCUT2D eigenvalue weighted by molar-refractivity contribution is -0.121. The van der Waals surface area contributed by atoms with Crippen LogP contribution in [0.3, 0.4) is 0 Å². The van der Waals surface area contributed by atoms with E-state index in [4.69, 9.17) is 0 Å². The van der Waals surface area contributed by atoms with E-state index in [2.05, 4.69) is 62.3 Å². The molecule has 1 aromatic rings. The topological polar surface area (TPSA) is 32.3 Å². The molecule has 2 aliphatic rings. The second-order valence-corrected chi connectivity index (χ2v) is 7.29. The van der Waals surface area contributed by atoms with Crippen molar-refractivity contribution >= 4 is 11.6 Å². The van der Waals surface area contributed by atoms with Crippen molar-refractivity contribution in [2.45, 2.75) is 51.6 Å². The number of piperidine rings is 1. The van der Waals surface area contributed by atoms with Crippen molar-refractivity contribution in [3.05, 3.63) is 53.7 Å². The van der Waals surface area contributed by atoms with Crippen LogP contribution in [0.25, 0.3) is 5.70 Å². The molecule has 3 rings (SSSR count). The first kappa shape index (κ1) is 14.9. The van der Waals surface area contributed by atoms with Gasteiger partial charge in [0.2, 0.25) is 5.91 Å². The van der Waals surface area contributed by atoms with E-state index in [1.165, 1.54) is 16.7 Å². The van der Waals surface area contributed by atoms with E-state index in [1.54, 1.807) is 0 Å². The average molecular weight is 296 g/mol. The molecule has 1 unspecified atom stereocenters. The number of carbonyl (C=O) groups is 1. The molecule has 0 spiro atoms. The van der Waals surface area contributed by atoms with Crippen LogP contribution in [0.1, 0.15) is 50.3 Å². The molecule has 0 aliphatic carbocycles. The molecule has 1 aromatic carbocycles. The zero-order valence-corrected chi connectivity index (χ0v) is 13.7. The Morgan fingerprint density at radius 3 is 2.64 bits per heavy atom. The number of hydrogen-bond acceptors (Lipinski definition) is 2. The summed E-state index contributed by atoms with van der Waals surface area (Å²) < 4.78 is 0. The highest BCUT2D eigenvalue weighted by atomic mass is 16.1. The number of rotatable bonds is 1. The molecule has 1 atom stereocenters. The van der Waals surface area contributed by atoms with Gasteiger partial charge in [0, 0.05) is 29.9 Å². The Morgan fingerprint density at radius 1 is 1.27 bits per heavy atom. The Labute approximate surface area is 132 Å². The van der Waals surface area contributed by atoms with Crippen LogP contribution in [0, 0.1) is 0 Å². The van der Waals surface area contributed by atoms with E-state index >= 15 is 0 Å². The third kappa shape index (κ3) is 2.35. The second kappa shape index (κ2) is 5.01. The van der Waals surface area contributed by atoms with Gasteiger partial charge in [-0.05, 0) is 23.0 Å². The molecule has 0 bridgehead atoms. The molecule has 0 aromatic heterocycles. The lowest BCUT2D eigenvalue weighted by Gasteiger charge is -2.35. The van der Waals surface area contributed by atoms with Crippen LogP contribution in [0.5, 0.6) is 0 Å². The molecule has 0 saturated carbocycles. The van der Waals surface area contributed by atoms with Gasteiger partial charge in [-0.1, -0.05) is 52.1 Å². The summed E-state index contributed by atoms with van der Waals surface area (Å²) in [5, 5.41) is 2.88. The van der Waals surface area contributed by atoms with Gasteiger partial charge in [-0.15, -0.1) is 0 Å². The van der Waals surface area contributed by atoms with Gasteiger partial charge in [0.25, 0.3) is 0 Å². The average Bonchev–Trinajstić information content (AvgIpc) is 2.75. The fraction of sp³-hybridized carbons (Fsp3) is 0.421. The molecule has 3 heteroatoms. The highest BCUT2D eigenvalue weighted by Gasteiger charge is 2.35. The second-order valence-electron chi connectivity index (χ2n) is 7.29. The summed E-state index contributed by atoms with van der Waals surface area (Å²) in [6, 6.07) is 6.66. The van der Waals surface area contributed by atoms with E-state index in [1.807, 2.05) is 0 Å². The lowest BCUT2D eigenvalue weighted by Crippen LogP contribution is -2.43.